The van der Waals surface area contributed by atoms with Crippen molar-refractivity contribution in [2.24, 2.45) is 0 Å². The van der Waals surface area contributed by atoms with E-state index in [1.807, 2.05) is 37.3 Å². The summed E-state index contributed by atoms with van der Waals surface area (Å²) in [5.41, 5.74) is 1.08. The molecule has 1 saturated carbocycles. The van der Waals surface area contributed by atoms with Crippen molar-refractivity contribution >= 4 is 5.91 Å². The predicted molar refractivity (Wildman–Crippen MR) is 73.5 cm³/mol. The van der Waals surface area contributed by atoms with Gasteiger partial charge in [-0.15, -0.1) is 0 Å². The second kappa shape index (κ2) is 6.55. The van der Waals surface area contributed by atoms with Gasteiger partial charge in [0.2, 0.25) is 5.91 Å². The Bertz CT molecular complexity index is 373. The normalized spacial score (nSPS) is 16.3. The molecule has 1 unspecified atom stereocenters. The third kappa shape index (κ3) is 4.15. The maximum absolute atomic E-state index is 11.9. The highest BCUT2D eigenvalue weighted by molar-refractivity contribution is 5.83. The summed E-state index contributed by atoms with van der Waals surface area (Å²) in [5.74, 6) is 0.0511. The molecule has 1 fully saturated rings. The summed E-state index contributed by atoms with van der Waals surface area (Å²) in [4.78, 5) is 11.9. The van der Waals surface area contributed by atoms with E-state index in [0.717, 1.165) is 31.1 Å². The largest absolute Gasteiger partial charge is 0.356 e. The van der Waals surface area contributed by atoms with Crippen LogP contribution in [0.1, 0.15) is 37.7 Å². The molecular weight excluding hydrogens is 224 g/mol. The molecule has 1 atom stereocenters. The summed E-state index contributed by atoms with van der Waals surface area (Å²) < 4.78 is 0. The number of benzene rings is 1. The highest BCUT2D eigenvalue weighted by Crippen LogP contribution is 2.18. The fourth-order valence-electron chi connectivity index (χ4n) is 1.94. The van der Waals surface area contributed by atoms with Crippen LogP contribution < -0.4 is 10.6 Å². The van der Waals surface area contributed by atoms with Gasteiger partial charge in [0.05, 0.1) is 5.92 Å². The zero-order chi connectivity index (χ0) is 12.8. The minimum atomic E-state index is -0.0670. The van der Waals surface area contributed by atoms with Gasteiger partial charge >= 0.3 is 0 Å². The average molecular weight is 246 g/mol. The lowest BCUT2D eigenvalue weighted by molar-refractivity contribution is -0.122. The quantitative estimate of drug-likeness (QED) is 0.723. The van der Waals surface area contributed by atoms with Crippen LogP contribution in [0, 0.1) is 0 Å². The van der Waals surface area contributed by atoms with Crippen molar-refractivity contribution in [1.29, 1.82) is 0 Å². The first kappa shape index (κ1) is 13.1. The summed E-state index contributed by atoms with van der Waals surface area (Å²) in [5, 5.41) is 6.44. The van der Waals surface area contributed by atoms with Crippen molar-refractivity contribution in [3.05, 3.63) is 35.9 Å². The van der Waals surface area contributed by atoms with Crippen LogP contribution in [0.3, 0.4) is 0 Å². The van der Waals surface area contributed by atoms with Gasteiger partial charge in [0.1, 0.15) is 0 Å². The number of amides is 1. The fourth-order valence-corrected chi connectivity index (χ4v) is 1.94. The van der Waals surface area contributed by atoms with E-state index in [9.17, 15) is 4.79 Å². The lowest BCUT2D eigenvalue weighted by Crippen LogP contribution is -2.31. The van der Waals surface area contributed by atoms with E-state index in [1.54, 1.807) is 0 Å². The molecule has 0 spiro atoms. The lowest BCUT2D eigenvalue weighted by Gasteiger charge is -2.12. The molecule has 0 saturated heterocycles. The molecule has 0 bridgehead atoms. The Balaban J connectivity index is 1.64. The van der Waals surface area contributed by atoms with Crippen LogP contribution in [0.25, 0.3) is 0 Å². The van der Waals surface area contributed by atoms with E-state index < -0.39 is 0 Å². The smallest absolute Gasteiger partial charge is 0.227 e. The van der Waals surface area contributed by atoms with Crippen molar-refractivity contribution in [2.75, 3.05) is 13.1 Å². The van der Waals surface area contributed by atoms with E-state index >= 15 is 0 Å². The fraction of sp³-hybridized carbons (Fsp3) is 0.533. The number of hydrogen-bond acceptors (Lipinski definition) is 2. The third-order valence-corrected chi connectivity index (χ3v) is 3.36. The van der Waals surface area contributed by atoms with E-state index in [2.05, 4.69) is 10.6 Å². The number of carbonyl (C=O) groups is 1. The van der Waals surface area contributed by atoms with Gasteiger partial charge in [0, 0.05) is 12.6 Å². The minimum Gasteiger partial charge on any atom is -0.356 e. The zero-order valence-corrected chi connectivity index (χ0v) is 11.0. The van der Waals surface area contributed by atoms with Crippen LogP contribution in [0.15, 0.2) is 30.3 Å². The van der Waals surface area contributed by atoms with Crippen LogP contribution in [0.4, 0.5) is 0 Å². The highest BCUT2D eigenvalue weighted by atomic mass is 16.1. The predicted octanol–water partition coefficient (Wildman–Crippen LogP) is 2.05. The molecule has 2 N–H and O–H groups in total. The maximum atomic E-state index is 11.9. The Hall–Kier alpha value is -1.35. The average Bonchev–Trinajstić information content (AvgIpc) is 3.22. The van der Waals surface area contributed by atoms with Crippen molar-refractivity contribution in [3.8, 4) is 0 Å². The summed E-state index contributed by atoms with van der Waals surface area (Å²) >= 11 is 0. The molecule has 1 aromatic rings. The summed E-state index contributed by atoms with van der Waals surface area (Å²) in [7, 11) is 0. The van der Waals surface area contributed by atoms with Gasteiger partial charge in [-0.3, -0.25) is 4.79 Å². The lowest BCUT2D eigenvalue weighted by atomic mass is 10.0. The molecule has 3 nitrogen and oxygen atoms in total. The van der Waals surface area contributed by atoms with Crippen LogP contribution in [0.5, 0.6) is 0 Å². The summed E-state index contributed by atoms with van der Waals surface area (Å²) in [6.07, 6.45) is 3.64. The van der Waals surface area contributed by atoms with Crippen molar-refractivity contribution in [1.82, 2.24) is 10.6 Å². The maximum Gasteiger partial charge on any atom is 0.227 e. The highest BCUT2D eigenvalue weighted by Gasteiger charge is 2.19. The van der Waals surface area contributed by atoms with Crippen LogP contribution >= 0.6 is 0 Å². The number of carbonyl (C=O) groups excluding carboxylic acids is 1. The Kier molecular flexibility index (Phi) is 4.76. The van der Waals surface area contributed by atoms with Crippen molar-refractivity contribution in [2.45, 2.75) is 38.1 Å². The zero-order valence-electron chi connectivity index (χ0n) is 11.0. The van der Waals surface area contributed by atoms with Gasteiger partial charge in [0.15, 0.2) is 0 Å². The van der Waals surface area contributed by atoms with Gasteiger partial charge in [-0.25, -0.2) is 0 Å². The molecule has 1 aromatic carbocycles. The molecule has 0 heterocycles. The van der Waals surface area contributed by atoms with Crippen molar-refractivity contribution in [3.63, 3.8) is 0 Å². The Morgan fingerprint density at radius 1 is 1.28 bits per heavy atom. The van der Waals surface area contributed by atoms with E-state index in [1.165, 1.54) is 12.8 Å². The summed E-state index contributed by atoms with van der Waals surface area (Å²) in [6, 6.07) is 10.7. The molecule has 3 heteroatoms. The summed E-state index contributed by atoms with van der Waals surface area (Å²) in [6.45, 7) is 3.72. The molecule has 98 valence electrons. The molecule has 0 aliphatic heterocycles. The monoisotopic (exact) mass is 246 g/mol. The van der Waals surface area contributed by atoms with E-state index in [0.29, 0.717) is 0 Å². The Labute approximate surface area is 109 Å². The Morgan fingerprint density at radius 3 is 2.67 bits per heavy atom. The first-order valence-corrected chi connectivity index (χ1v) is 6.83. The van der Waals surface area contributed by atoms with Crippen LogP contribution in [0.2, 0.25) is 0 Å². The second-order valence-electron chi connectivity index (χ2n) is 5.01. The van der Waals surface area contributed by atoms with E-state index in [-0.39, 0.29) is 11.8 Å². The van der Waals surface area contributed by atoms with Gasteiger partial charge in [0.25, 0.3) is 0 Å². The molecule has 1 aliphatic rings. The third-order valence-electron chi connectivity index (χ3n) is 3.36. The topological polar surface area (TPSA) is 41.1 Å². The number of rotatable bonds is 7. The van der Waals surface area contributed by atoms with Gasteiger partial charge in [-0.1, -0.05) is 30.3 Å². The first-order chi connectivity index (χ1) is 8.77. The number of nitrogens with one attached hydrogen (secondary N) is 2. The van der Waals surface area contributed by atoms with Gasteiger partial charge in [-0.05, 0) is 38.3 Å². The molecule has 2 rings (SSSR count). The molecule has 1 amide bonds. The molecule has 0 radical (unpaired) electrons. The van der Waals surface area contributed by atoms with Gasteiger partial charge < -0.3 is 10.6 Å². The minimum absolute atomic E-state index is 0.0670. The SMILES string of the molecule is CC(C(=O)NCCCNC1CC1)c1ccccc1. The first-order valence-electron chi connectivity index (χ1n) is 6.83. The van der Waals surface area contributed by atoms with Gasteiger partial charge in [-0.2, -0.15) is 0 Å². The van der Waals surface area contributed by atoms with Crippen LogP contribution in [-0.4, -0.2) is 25.0 Å². The standard InChI is InChI=1S/C15H22N2O/c1-12(13-6-3-2-4-7-13)15(18)17-11-5-10-16-14-8-9-14/h2-4,6-7,12,14,16H,5,8-11H2,1H3,(H,17,18). The Morgan fingerprint density at radius 2 is 2.00 bits per heavy atom. The molecular formula is C15H22N2O. The van der Waals surface area contributed by atoms with E-state index in [4.69, 9.17) is 0 Å². The molecule has 1 aliphatic carbocycles. The number of hydrogen-bond donors (Lipinski definition) is 2. The molecule has 18 heavy (non-hydrogen) atoms. The second-order valence-corrected chi connectivity index (χ2v) is 5.01. The molecule has 0 aromatic heterocycles. The van der Waals surface area contributed by atoms with Crippen molar-refractivity contribution < 1.29 is 4.79 Å². The van der Waals surface area contributed by atoms with Crippen LogP contribution in [-0.2, 0) is 4.79 Å².